The smallest absolute Gasteiger partial charge is 0.323 e. The minimum absolute atomic E-state index is 0.243. The standard InChI is InChI=1S/C27H36N4O4/c1-6-20(26(33)35-27(2,3)4)28-22(25(32)30-34-18-19-12-8-7-9-13-19)16-17-24-29-21-14-10-11-15-23(21)31(24)5/h7-15,20,22,28H,6,16-18H2,1-5H3,(H,30,32)/t20?,22-/m0/s1. The molecule has 188 valence electrons. The molecule has 0 fully saturated rings. The molecule has 1 unspecified atom stereocenters. The molecule has 1 aromatic heterocycles. The zero-order valence-electron chi connectivity index (χ0n) is 21.2. The summed E-state index contributed by atoms with van der Waals surface area (Å²) in [4.78, 5) is 36.0. The minimum Gasteiger partial charge on any atom is -0.459 e. The quantitative estimate of drug-likeness (QED) is 0.320. The third-order valence-corrected chi connectivity index (χ3v) is 5.61. The van der Waals surface area contributed by atoms with Crippen LogP contribution in [-0.4, -0.2) is 39.1 Å². The van der Waals surface area contributed by atoms with Gasteiger partial charge in [-0.3, -0.25) is 19.7 Å². The normalized spacial score (nSPS) is 13.4. The molecule has 3 rings (SSSR count). The lowest BCUT2D eigenvalue weighted by atomic mass is 10.1. The number of esters is 1. The number of carbonyl (C=O) groups excluding carboxylic acids is 2. The van der Waals surface area contributed by atoms with Gasteiger partial charge in [-0.1, -0.05) is 49.4 Å². The van der Waals surface area contributed by atoms with Crippen LogP contribution in [0.5, 0.6) is 0 Å². The molecule has 2 aromatic carbocycles. The van der Waals surface area contributed by atoms with Crippen LogP contribution in [0.2, 0.25) is 0 Å². The van der Waals surface area contributed by atoms with Gasteiger partial charge in [0.25, 0.3) is 5.91 Å². The first kappa shape index (κ1) is 26.4. The largest absolute Gasteiger partial charge is 0.459 e. The highest BCUT2D eigenvalue weighted by molar-refractivity contribution is 5.83. The van der Waals surface area contributed by atoms with Gasteiger partial charge in [0.15, 0.2) is 0 Å². The Morgan fingerprint density at radius 3 is 2.37 bits per heavy atom. The second-order valence-electron chi connectivity index (χ2n) is 9.57. The van der Waals surface area contributed by atoms with Crippen LogP contribution < -0.4 is 10.8 Å². The van der Waals surface area contributed by atoms with Crippen molar-refractivity contribution >= 4 is 22.9 Å². The monoisotopic (exact) mass is 480 g/mol. The maximum absolute atomic E-state index is 13.1. The van der Waals surface area contributed by atoms with E-state index in [4.69, 9.17) is 14.6 Å². The molecule has 0 saturated carbocycles. The van der Waals surface area contributed by atoms with Crippen molar-refractivity contribution in [1.29, 1.82) is 0 Å². The average molecular weight is 481 g/mol. The highest BCUT2D eigenvalue weighted by atomic mass is 16.6. The maximum atomic E-state index is 13.1. The predicted molar refractivity (Wildman–Crippen MR) is 135 cm³/mol. The number of benzene rings is 2. The van der Waals surface area contributed by atoms with Gasteiger partial charge >= 0.3 is 5.97 Å². The van der Waals surface area contributed by atoms with E-state index in [0.717, 1.165) is 22.4 Å². The Balaban J connectivity index is 1.70. The Morgan fingerprint density at radius 2 is 1.71 bits per heavy atom. The van der Waals surface area contributed by atoms with E-state index in [1.165, 1.54) is 0 Å². The molecule has 8 nitrogen and oxygen atoms in total. The fourth-order valence-corrected chi connectivity index (χ4v) is 3.79. The first-order valence-electron chi connectivity index (χ1n) is 12.0. The summed E-state index contributed by atoms with van der Waals surface area (Å²) in [5.41, 5.74) is 4.81. The van der Waals surface area contributed by atoms with Crippen molar-refractivity contribution in [2.24, 2.45) is 7.05 Å². The number of imidazole rings is 1. The Bertz CT molecular complexity index is 1120. The Morgan fingerprint density at radius 1 is 1.03 bits per heavy atom. The molecule has 0 aliphatic carbocycles. The fraction of sp³-hybridized carbons (Fsp3) is 0.444. The molecule has 1 heterocycles. The van der Waals surface area contributed by atoms with Crippen molar-refractivity contribution < 1.29 is 19.2 Å². The van der Waals surface area contributed by atoms with Gasteiger partial charge in [0.2, 0.25) is 0 Å². The lowest BCUT2D eigenvalue weighted by molar-refractivity contribution is -0.158. The summed E-state index contributed by atoms with van der Waals surface area (Å²) in [6, 6.07) is 16.2. The lowest BCUT2D eigenvalue weighted by Gasteiger charge is -2.27. The van der Waals surface area contributed by atoms with Crippen molar-refractivity contribution in [2.75, 3.05) is 0 Å². The molecule has 1 amide bonds. The number of ether oxygens (including phenoxy) is 1. The number of hydroxylamine groups is 1. The van der Waals surface area contributed by atoms with Gasteiger partial charge in [0.05, 0.1) is 23.7 Å². The summed E-state index contributed by atoms with van der Waals surface area (Å²) in [6.45, 7) is 7.60. The first-order chi connectivity index (χ1) is 16.7. The summed E-state index contributed by atoms with van der Waals surface area (Å²) < 4.78 is 7.58. The summed E-state index contributed by atoms with van der Waals surface area (Å²) in [6.07, 6.45) is 1.45. The number of rotatable bonds is 11. The van der Waals surface area contributed by atoms with E-state index < -0.39 is 17.7 Å². The molecule has 0 spiro atoms. The molecular weight excluding hydrogens is 444 g/mol. The number of nitrogens with one attached hydrogen (secondary N) is 2. The van der Waals surface area contributed by atoms with Crippen molar-refractivity contribution in [1.82, 2.24) is 20.3 Å². The van der Waals surface area contributed by atoms with Crippen LogP contribution in [0, 0.1) is 0 Å². The third kappa shape index (κ3) is 7.63. The summed E-state index contributed by atoms with van der Waals surface area (Å²) >= 11 is 0. The van der Waals surface area contributed by atoms with Crippen LogP contribution in [0.25, 0.3) is 11.0 Å². The van der Waals surface area contributed by atoms with Crippen LogP contribution in [0.15, 0.2) is 54.6 Å². The average Bonchev–Trinajstić information content (AvgIpc) is 3.14. The number of fused-ring (bicyclic) bond motifs is 1. The number of amides is 1. The Kier molecular flexibility index (Phi) is 9.01. The lowest BCUT2D eigenvalue weighted by Crippen LogP contribution is -2.52. The first-order valence-corrected chi connectivity index (χ1v) is 12.0. The van der Waals surface area contributed by atoms with E-state index in [0.29, 0.717) is 19.3 Å². The number of hydrogen-bond donors (Lipinski definition) is 2. The molecule has 0 bridgehead atoms. The molecule has 3 aromatic rings. The molecule has 0 aliphatic heterocycles. The van der Waals surface area contributed by atoms with Crippen LogP contribution in [0.4, 0.5) is 0 Å². The van der Waals surface area contributed by atoms with Gasteiger partial charge < -0.3 is 9.30 Å². The number of carbonyl (C=O) groups is 2. The van der Waals surface area contributed by atoms with Crippen molar-refractivity contribution in [3.05, 3.63) is 66.0 Å². The molecule has 2 atom stereocenters. The maximum Gasteiger partial charge on any atom is 0.323 e. The van der Waals surface area contributed by atoms with Crippen LogP contribution in [0.3, 0.4) is 0 Å². The zero-order valence-corrected chi connectivity index (χ0v) is 21.2. The van der Waals surface area contributed by atoms with E-state index in [-0.39, 0.29) is 18.5 Å². The van der Waals surface area contributed by atoms with E-state index in [1.807, 2.05) is 93.9 Å². The summed E-state index contributed by atoms with van der Waals surface area (Å²) in [5, 5.41) is 3.19. The highest BCUT2D eigenvalue weighted by Gasteiger charge is 2.29. The van der Waals surface area contributed by atoms with E-state index in [2.05, 4.69) is 10.8 Å². The molecule has 0 saturated heterocycles. The van der Waals surface area contributed by atoms with Gasteiger partial charge in [-0.15, -0.1) is 0 Å². The molecule has 2 N–H and O–H groups in total. The second-order valence-corrected chi connectivity index (χ2v) is 9.57. The van der Waals surface area contributed by atoms with Crippen LogP contribution in [0.1, 0.15) is 51.9 Å². The van der Waals surface area contributed by atoms with Crippen LogP contribution in [-0.2, 0) is 39.2 Å². The Labute approximate surface area is 207 Å². The Hall–Kier alpha value is -3.23. The number of nitrogens with zero attached hydrogens (tertiary/aromatic N) is 2. The zero-order chi connectivity index (χ0) is 25.4. The fourth-order valence-electron chi connectivity index (χ4n) is 3.79. The number of aryl methyl sites for hydroxylation is 2. The van der Waals surface area contributed by atoms with Gasteiger partial charge in [-0.25, -0.2) is 10.5 Å². The molecule has 0 aliphatic rings. The third-order valence-electron chi connectivity index (χ3n) is 5.61. The SMILES string of the molecule is CCC(N[C@@H](CCc1nc2ccccc2n1C)C(=O)NOCc1ccccc1)C(=O)OC(C)(C)C. The molecule has 0 radical (unpaired) electrons. The van der Waals surface area contributed by atoms with E-state index in [9.17, 15) is 9.59 Å². The molecule has 8 heteroatoms. The molecular formula is C27H36N4O4. The summed E-state index contributed by atoms with van der Waals surface area (Å²) in [5.74, 6) is 0.133. The highest BCUT2D eigenvalue weighted by Crippen LogP contribution is 2.17. The van der Waals surface area contributed by atoms with E-state index >= 15 is 0 Å². The molecule has 35 heavy (non-hydrogen) atoms. The summed E-state index contributed by atoms with van der Waals surface area (Å²) in [7, 11) is 1.96. The van der Waals surface area contributed by atoms with Gasteiger partial charge in [-0.2, -0.15) is 0 Å². The van der Waals surface area contributed by atoms with Crippen molar-refractivity contribution in [2.45, 2.75) is 71.2 Å². The van der Waals surface area contributed by atoms with Gasteiger partial charge in [-0.05, 0) is 51.3 Å². The number of para-hydroxylation sites is 2. The van der Waals surface area contributed by atoms with E-state index in [1.54, 1.807) is 0 Å². The number of hydrogen-bond acceptors (Lipinski definition) is 6. The predicted octanol–water partition coefficient (Wildman–Crippen LogP) is 3.83. The van der Waals surface area contributed by atoms with Gasteiger partial charge in [0, 0.05) is 13.5 Å². The topological polar surface area (TPSA) is 94.5 Å². The van der Waals surface area contributed by atoms with Crippen molar-refractivity contribution in [3.8, 4) is 0 Å². The second kappa shape index (κ2) is 12.0. The number of aromatic nitrogens is 2. The van der Waals surface area contributed by atoms with Crippen molar-refractivity contribution in [3.63, 3.8) is 0 Å². The minimum atomic E-state index is -0.678. The van der Waals surface area contributed by atoms with Crippen LogP contribution >= 0.6 is 0 Å². The van der Waals surface area contributed by atoms with Gasteiger partial charge in [0.1, 0.15) is 17.5 Å².